The molecule has 8 N–H and O–H groups in total. The van der Waals surface area contributed by atoms with Gasteiger partial charge in [0, 0.05) is 0 Å². The van der Waals surface area contributed by atoms with E-state index in [0.29, 0.717) is 6.07 Å². The van der Waals surface area contributed by atoms with E-state index < -0.39 is 108 Å². The second kappa shape index (κ2) is 15.0. The van der Waals surface area contributed by atoms with Gasteiger partial charge in [-0.25, -0.2) is 25.2 Å². The Morgan fingerprint density at radius 1 is 0.640 bits per heavy atom. The van der Waals surface area contributed by atoms with Crippen molar-refractivity contribution in [1.29, 1.82) is 0 Å². The van der Waals surface area contributed by atoms with Gasteiger partial charge in [0.15, 0.2) is 36.8 Å². The minimum absolute atomic E-state index is 0.0342. The fraction of sp³-hybridized carbons (Fsp3) is 0.217. The molecule has 3 rings (SSSR count). The number of azo groups is 2. The molecule has 0 heterocycles. The lowest BCUT2D eigenvalue weighted by Crippen LogP contribution is -2.16. The van der Waals surface area contributed by atoms with E-state index >= 15 is 0 Å². The Morgan fingerprint density at radius 2 is 1.08 bits per heavy atom. The average Bonchev–Trinajstić information content (AvgIpc) is 2.98. The van der Waals surface area contributed by atoms with Crippen molar-refractivity contribution in [3.63, 3.8) is 0 Å². The zero-order valence-electron chi connectivity index (χ0n) is 25.0. The van der Waals surface area contributed by atoms with E-state index in [4.69, 9.17) is 20.6 Å². The molecule has 50 heavy (non-hydrogen) atoms. The van der Waals surface area contributed by atoms with Gasteiger partial charge in [-0.3, -0.25) is 13.7 Å². The quantitative estimate of drug-likeness (QED) is 0.0728. The van der Waals surface area contributed by atoms with Crippen molar-refractivity contribution in [3.05, 3.63) is 48.0 Å². The second-order valence-corrected chi connectivity index (χ2v) is 17.4. The maximum Gasteiger partial charge on any atom is 0.397 e. The molecular formula is C23H26N6O16S5. The molecular weight excluding hydrogens is 777 g/mol. The molecule has 0 radical (unpaired) electrons. The molecule has 0 bridgehead atoms. The van der Waals surface area contributed by atoms with Crippen molar-refractivity contribution in [1.82, 2.24) is 0 Å². The molecule has 0 saturated heterocycles. The number of hydrogen-bond donors (Lipinski definition) is 6. The van der Waals surface area contributed by atoms with Crippen LogP contribution in [0.1, 0.15) is 5.56 Å². The molecule has 3 aromatic carbocycles. The van der Waals surface area contributed by atoms with E-state index in [0.717, 1.165) is 24.3 Å². The van der Waals surface area contributed by atoms with E-state index in [9.17, 15) is 51.7 Å². The van der Waals surface area contributed by atoms with E-state index in [1.165, 1.54) is 19.1 Å². The molecule has 274 valence electrons. The Kier molecular flexibility index (Phi) is 12.0. The van der Waals surface area contributed by atoms with E-state index in [-0.39, 0.29) is 27.5 Å². The van der Waals surface area contributed by atoms with E-state index in [2.05, 4.69) is 28.8 Å². The summed E-state index contributed by atoms with van der Waals surface area (Å²) in [5.41, 5.74) is 10.2. The highest BCUT2D eigenvalue weighted by Crippen LogP contribution is 2.49. The van der Waals surface area contributed by atoms with Crippen molar-refractivity contribution in [2.45, 2.75) is 21.6 Å². The van der Waals surface area contributed by atoms with E-state index in [1.807, 2.05) is 0 Å². The molecule has 27 heteroatoms. The number of sulfone groups is 2. The number of benzene rings is 3. The number of aromatic hydroxyl groups is 1. The largest absolute Gasteiger partial charge is 0.504 e. The van der Waals surface area contributed by atoms with Crippen molar-refractivity contribution in [2.75, 3.05) is 36.2 Å². The van der Waals surface area contributed by atoms with Crippen LogP contribution >= 0.6 is 0 Å². The topological polar surface area (TPSA) is 372 Å². The van der Waals surface area contributed by atoms with Crippen LogP contribution in [-0.2, 0) is 59.0 Å². The maximum absolute atomic E-state index is 12.6. The number of phenolic OH excluding ortho intramolecular Hbond substituents is 1. The summed E-state index contributed by atoms with van der Waals surface area (Å²) in [6.07, 6.45) is 0. The molecule has 0 aromatic heterocycles. The van der Waals surface area contributed by atoms with Crippen LogP contribution in [0.2, 0.25) is 0 Å². The maximum atomic E-state index is 12.6. The molecule has 0 amide bonds. The minimum Gasteiger partial charge on any atom is -0.504 e. The number of rotatable bonds is 15. The van der Waals surface area contributed by atoms with Gasteiger partial charge in [-0.1, -0.05) is 0 Å². The first kappa shape index (κ1) is 40.2. The molecule has 0 unspecified atom stereocenters. The third kappa shape index (κ3) is 10.7. The van der Waals surface area contributed by atoms with Gasteiger partial charge < -0.3 is 16.6 Å². The first-order chi connectivity index (χ1) is 22.8. The van der Waals surface area contributed by atoms with Gasteiger partial charge >= 0.3 is 20.8 Å². The number of nitrogens with two attached hydrogens (primary N) is 2. The summed E-state index contributed by atoms with van der Waals surface area (Å²) >= 11 is 0. The van der Waals surface area contributed by atoms with Gasteiger partial charge in [-0.15, -0.1) is 15.3 Å². The number of anilines is 2. The molecule has 3 aromatic rings. The predicted octanol–water partition coefficient (Wildman–Crippen LogP) is 2.13. The monoisotopic (exact) mass is 802 g/mol. The smallest absolute Gasteiger partial charge is 0.397 e. The van der Waals surface area contributed by atoms with Gasteiger partial charge in [0.25, 0.3) is 10.1 Å². The lowest BCUT2D eigenvalue weighted by Gasteiger charge is -2.12. The Labute approximate surface area is 285 Å². The highest BCUT2D eigenvalue weighted by atomic mass is 32.3. The summed E-state index contributed by atoms with van der Waals surface area (Å²) in [5.74, 6) is -2.63. The zero-order chi connectivity index (χ0) is 37.9. The van der Waals surface area contributed by atoms with Gasteiger partial charge in [-0.05, 0) is 55.0 Å². The standard InChI is InChI=1S/C23H26N6O16S5/c1-13-19(24)21(28-26-14-2-4-15(5-3-14)46(31,32)10-8-44-49(38,39)40)23(30)22(20(13)25)29-27-17-7-6-16(12-18(17)48(35,36)37)47(33,34)11-9-45-50(41,42)43/h2-7,12,30H,8-11,24-25H2,1H3,(H,35,36,37)(H,38,39,40)(H,41,42,43)/b28-26+,29-27+. The molecule has 0 aliphatic carbocycles. The number of hydrogen-bond acceptors (Lipinski definition) is 19. The lowest BCUT2D eigenvalue weighted by atomic mass is 10.1. The minimum atomic E-state index is -5.18. The van der Waals surface area contributed by atoms with Crippen LogP contribution < -0.4 is 11.5 Å². The van der Waals surface area contributed by atoms with Crippen LogP contribution in [0.4, 0.5) is 34.1 Å². The van der Waals surface area contributed by atoms with Crippen LogP contribution in [0.3, 0.4) is 0 Å². The molecule has 0 saturated carbocycles. The van der Waals surface area contributed by atoms with Gasteiger partial charge in [0.1, 0.15) is 10.6 Å². The van der Waals surface area contributed by atoms with Gasteiger partial charge in [-0.2, -0.15) is 30.4 Å². The van der Waals surface area contributed by atoms with Gasteiger partial charge in [0.05, 0.1) is 51.6 Å². The van der Waals surface area contributed by atoms with Crippen LogP contribution in [0.5, 0.6) is 5.75 Å². The van der Waals surface area contributed by atoms with Crippen molar-refractivity contribution >= 4 is 84.7 Å². The predicted molar refractivity (Wildman–Crippen MR) is 172 cm³/mol. The third-order valence-corrected chi connectivity index (χ3v) is 11.4. The molecule has 0 spiro atoms. The fourth-order valence-corrected chi connectivity index (χ4v) is 7.44. The van der Waals surface area contributed by atoms with Gasteiger partial charge in [0.2, 0.25) is 0 Å². The third-order valence-electron chi connectivity index (χ3n) is 6.22. The number of nitrogen functional groups attached to an aromatic ring is 2. The zero-order valence-corrected chi connectivity index (χ0v) is 29.1. The molecule has 0 fully saturated rings. The number of phenols is 1. The Bertz CT molecular complexity index is 2420. The first-order valence-corrected chi connectivity index (χ1v) is 20.4. The SMILES string of the molecule is Cc1c(N)c(/N=N/c2ccc(S(=O)(=O)CCOS(=O)(=O)O)cc2)c(O)c(/N=N/c2ccc(S(=O)(=O)CCOS(=O)(=O)O)cc2S(=O)(=O)O)c1N. The fourth-order valence-electron chi connectivity index (χ4n) is 3.71. The van der Waals surface area contributed by atoms with Crippen LogP contribution in [0.25, 0.3) is 0 Å². The van der Waals surface area contributed by atoms with Crippen LogP contribution in [-0.4, -0.2) is 85.6 Å². The molecule has 0 atom stereocenters. The summed E-state index contributed by atoms with van der Waals surface area (Å²) in [6, 6.07) is 6.74. The van der Waals surface area contributed by atoms with Crippen LogP contribution in [0.15, 0.2) is 77.6 Å². The summed E-state index contributed by atoms with van der Waals surface area (Å²) in [6.45, 7) is -0.481. The second-order valence-electron chi connectivity index (χ2n) is 9.63. The molecule has 22 nitrogen and oxygen atoms in total. The Balaban J connectivity index is 1.95. The van der Waals surface area contributed by atoms with Crippen molar-refractivity contribution in [3.8, 4) is 5.75 Å². The first-order valence-electron chi connectivity index (χ1n) is 13.0. The molecule has 0 aliphatic heterocycles. The summed E-state index contributed by atoms with van der Waals surface area (Å²) in [7, 11) is -23.5. The average molecular weight is 803 g/mol. The van der Waals surface area contributed by atoms with E-state index in [1.54, 1.807) is 0 Å². The summed E-state index contributed by atoms with van der Waals surface area (Å²) in [5, 5.41) is 26.0. The van der Waals surface area contributed by atoms with Crippen LogP contribution in [0, 0.1) is 6.92 Å². The molecule has 0 aliphatic rings. The number of nitrogens with zero attached hydrogens (tertiary/aromatic N) is 4. The Hall–Kier alpha value is -4.19. The van der Waals surface area contributed by atoms with Crippen molar-refractivity contribution in [2.24, 2.45) is 20.5 Å². The lowest BCUT2D eigenvalue weighted by molar-refractivity contribution is 0.282. The van der Waals surface area contributed by atoms with Crippen molar-refractivity contribution < 1.29 is 69.2 Å². The Morgan fingerprint density at radius 3 is 1.54 bits per heavy atom. The normalized spacial score (nSPS) is 13.4. The highest BCUT2D eigenvalue weighted by Gasteiger charge is 2.24. The summed E-state index contributed by atoms with van der Waals surface area (Å²) < 4.78 is 152. The highest BCUT2D eigenvalue weighted by molar-refractivity contribution is 7.92. The summed E-state index contributed by atoms with van der Waals surface area (Å²) in [4.78, 5) is -2.04.